The Labute approximate surface area is 97.0 Å². The normalized spacial score (nSPS) is 10.1. The topological polar surface area (TPSA) is 75.6 Å². The molecule has 0 amide bonds. The van der Waals surface area contributed by atoms with E-state index in [2.05, 4.69) is 5.32 Å². The third-order valence-corrected chi connectivity index (χ3v) is 2.71. The second-order valence-corrected chi connectivity index (χ2v) is 4.01. The van der Waals surface area contributed by atoms with Crippen LogP contribution in [0, 0.1) is 0 Å². The minimum atomic E-state index is -0.937. The number of nitrogens with one attached hydrogen (secondary N) is 1. The first kappa shape index (κ1) is 12.7. The van der Waals surface area contributed by atoms with E-state index in [0.29, 0.717) is 13.2 Å². The fourth-order valence-electron chi connectivity index (χ4n) is 1.09. The number of hydrogen-bond acceptors (Lipinski definition) is 5. The van der Waals surface area contributed by atoms with Crippen molar-refractivity contribution in [1.29, 1.82) is 0 Å². The first-order chi connectivity index (χ1) is 7.63. The maximum Gasteiger partial charge on any atom is 0.336 e. The van der Waals surface area contributed by atoms with Crippen LogP contribution in [0.5, 0.6) is 0 Å². The number of carboxylic acids is 1. The van der Waals surface area contributed by atoms with Gasteiger partial charge in [0.15, 0.2) is 0 Å². The molecule has 88 valence electrons. The van der Waals surface area contributed by atoms with Crippen LogP contribution in [-0.2, 0) is 16.1 Å². The van der Waals surface area contributed by atoms with Crippen molar-refractivity contribution in [2.45, 2.75) is 13.5 Å². The average molecular weight is 243 g/mol. The highest BCUT2D eigenvalue weighted by Gasteiger charge is 2.06. The number of rotatable bonds is 6. The van der Waals surface area contributed by atoms with Crippen molar-refractivity contribution < 1.29 is 19.4 Å². The Morgan fingerprint density at radius 3 is 2.88 bits per heavy atom. The van der Waals surface area contributed by atoms with E-state index in [1.165, 1.54) is 11.3 Å². The molecular formula is C10H13NO4S. The van der Waals surface area contributed by atoms with E-state index in [0.717, 1.165) is 4.88 Å². The predicted molar refractivity (Wildman–Crippen MR) is 59.6 cm³/mol. The summed E-state index contributed by atoms with van der Waals surface area (Å²) >= 11 is 1.35. The molecule has 0 saturated heterocycles. The lowest BCUT2D eigenvalue weighted by Gasteiger charge is -2.02. The lowest BCUT2D eigenvalue weighted by Crippen LogP contribution is -2.23. The van der Waals surface area contributed by atoms with Gasteiger partial charge in [0.2, 0.25) is 0 Å². The molecule has 0 fully saturated rings. The molecule has 0 bridgehead atoms. The van der Waals surface area contributed by atoms with Gasteiger partial charge in [0.1, 0.15) is 0 Å². The molecule has 1 aromatic rings. The molecule has 0 aliphatic rings. The summed E-state index contributed by atoms with van der Waals surface area (Å²) in [5.41, 5.74) is 0.276. The van der Waals surface area contributed by atoms with E-state index >= 15 is 0 Å². The minimum Gasteiger partial charge on any atom is -0.478 e. The maximum atomic E-state index is 11.0. The van der Waals surface area contributed by atoms with Crippen LogP contribution >= 0.6 is 11.3 Å². The van der Waals surface area contributed by atoms with Gasteiger partial charge in [0.25, 0.3) is 0 Å². The average Bonchev–Trinajstić information content (AvgIpc) is 2.67. The second-order valence-electron chi connectivity index (χ2n) is 3.02. The van der Waals surface area contributed by atoms with Crippen LogP contribution in [0.15, 0.2) is 11.4 Å². The molecule has 0 aliphatic carbocycles. The Kier molecular flexibility index (Phi) is 4.94. The second kappa shape index (κ2) is 6.24. The van der Waals surface area contributed by atoms with E-state index in [9.17, 15) is 9.59 Å². The van der Waals surface area contributed by atoms with Crippen LogP contribution in [0.1, 0.15) is 22.2 Å². The largest absolute Gasteiger partial charge is 0.478 e. The van der Waals surface area contributed by atoms with Gasteiger partial charge in [-0.3, -0.25) is 4.79 Å². The number of carbonyl (C=O) groups excluding carboxylic acids is 1. The first-order valence-electron chi connectivity index (χ1n) is 4.80. The summed E-state index contributed by atoms with van der Waals surface area (Å²) < 4.78 is 4.73. The summed E-state index contributed by atoms with van der Waals surface area (Å²) in [6.07, 6.45) is 0. The predicted octanol–water partition coefficient (Wildman–Crippen LogP) is 1.10. The Morgan fingerprint density at radius 1 is 1.56 bits per heavy atom. The van der Waals surface area contributed by atoms with Crippen molar-refractivity contribution in [2.24, 2.45) is 0 Å². The van der Waals surface area contributed by atoms with Gasteiger partial charge < -0.3 is 15.2 Å². The minimum absolute atomic E-state index is 0.133. The third kappa shape index (κ3) is 4.00. The molecular weight excluding hydrogens is 230 g/mol. The number of carboxylic acid groups (broad SMARTS) is 1. The summed E-state index contributed by atoms with van der Waals surface area (Å²) in [5, 5.41) is 13.1. The molecule has 0 saturated carbocycles. The SMILES string of the molecule is CCOC(=O)CNCc1cc(C(=O)O)cs1. The van der Waals surface area contributed by atoms with Crippen LogP contribution in [0.25, 0.3) is 0 Å². The zero-order valence-electron chi connectivity index (χ0n) is 8.86. The van der Waals surface area contributed by atoms with Gasteiger partial charge in [-0.15, -0.1) is 11.3 Å². The van der Waals surface area contributed by atoms with Gasteiger partial charge in [0.05, 0.1) is 18.7 Å². The highest BCUT2D eigenvalue weighted by atomic mass is 32.1. The zero-order chi connectivity index (χ0) is 12.0. The molecule has 1 aromatic heterocycles. The van der Waals surface area contributed by atoms with Gasteiger partial charge in [-0.05, 0) is 13.0 Å². The molecule has 5 nitrogen and oxygen atoms in total. The van der Waals surface area contributed by atoms with Crippen molar-refractivity contribution >= 4 is 23.3 Å². The molecule has 1 heterocycles. The van der Waals surface area contributed by atoms with Crippen molar-refractivity contribution in [3.05, 3.63) is 21.9 Å². The van der Waals surface area contributed by atoms with Gasteiger partial charge in [0, 0.05) is 16.8 Å². The molecule has 16 heavy (non-hydrogen) atoms. The van der Waals surface area contributed by atoms with Crippen LogP contribution in [0.4, 0.5) is 0 Å². The Hall–Kier alpha value is -1.40. The summed E-state index contributed by atoms with van der Waals surface area (Å²) in [6, 6.07) is 1.59. The summed E-state index contributed by atoms with van der Waals surface area (Å²) in [6.45, 7) is 2.71. The molecule has 1 rings (SSSR count). The fraction of sp³-hybridized carbons (Fsp3) is 0.400. The van der Waals surface area contributed by atoms with E-state index < -0.39 is 5.97 Å². The molecule has 0 spiro atoms. The lowest BCUT2D eigenvalue weighted by molar-refractivity contribution is -0.142. The molecule has 2 N–H and O–H groups in total. The van der Waals surface area contributed by atoms with Crippen LogP contribution in [-0.4, -0.2) is 30.2 Å². The van der Waals surface area contributed by atoms with Crippen molar-refractivity contribution in [1.82, 2.24) is 5.32 Å². The molecule has 0 radical (unpaired) electrons. The number of esters is 1. The Morgan fingerprint density at radius 2 is 2.31 bits per heavy atom. The highest BCUT2D eigenvalue weighted by Crippen LogP contribution is 2.14. The van der Waals surface area contributed by atoms with E-state index in [-0.39, 0.29) is 18.1 Å². The molecule has 0 unspecified atom stereocenters. The number of carbonyl (C=O) groups is 2. The Bertz CT molecular complexity index is 375. The van der Waals surface area contributed by atoms with Gasteiger partial charge in [-0.1, -0.05) is 0 Å². The Balaban J connectivity index is 2.32. The molecule has 0 aliphatic heterocycles. The van der Waals surface area contributed by atoms with E-state index in [1.54, 1.807) is 18.4 Å². The van der Waals surface area contributed by atoms with Gasteiger partial charge in [-0.2, -0.15) is 0 Å². The monoisotopic (exact) mass is 243 g/mol. The number of thiophene rings is 1. The van der Waals surface area contributed by atoms with E-state index in [1.807, 2.05) is 0 Å². The summed E-state index contributed by atoms with van der Waals surface area (Å²) in [7, 11) is 0. The fourth-order valence-corrected chi connectivity index (χ4v) is 1.91. The maximum absolute atomic E-state index is 11.0. The quantitative estimate of drug-likeness (QED) is 0.732. The molecule has 0 aromatic carbocycles. The first-order valence-corrected chi connectivity index (χ1v) is 5.68. The smallest absolute Gasteiger partial charge is 0.336 e. The zero-order valence-corrected chi connectivity index (χ0v) is 9.67. The molecule has 0 atom stereocenters. The number of aromatic carboxylic acids is 1. The number of ether oxygens (including phenoxy) is 1. The highest BCUT2D eigenvalue weighted by molar-refractivity contribution is 7.10. The lowest BCUT2D eigenvalue weighted by atomic mass is 10.3. The summed E-state index contributed by atoms with van der Waals surface area (Å²) in [4.78, 5) is 22.4. The van der Waals surface area contributed by atoms with Crippen LogP contribution in [0.2, 0.25) is 0 Å². The van der Waals surface area contributed by atoms with Crippen molar-refractivity contribution in [3.63, 3.8) is 0 Å². The van der Waals surface area contributed by atoms with Crippen LogP contribution < -0.4 is 5.32 Å². The third-order valence-electron chi connectivity index (χ3n) is 1.77. The van der Waals surface area contributed by atoms with Crippen molar-refractivity contribution in [2.75, 3.05) is 13.2 Å². The standard InChI is InChI=1S/C10H13NO4S/c1-2-15-9(12)5-11-4-8-3-7(6-16-8)10(13)14/h3,6,11H,2,4-5H2,1H3,(H,13,14). The van der Waals surface area contributed by atoms with Gasteiger partial charge in [-0.25, -0.2) is 4.79 Å². The number of hydrogen-bond donors (Lipinski definition) is 2. The van der Waals surface area contributed by atoms with Crippen molar-refractivity contribution in [3.8, 4) is 0 Å². The van der Waals surface area contributed by atoms with E-state index in [4.69, 9.17) is 9.84 Å². The molecule has 6 heteroatoms. The van der Waals surface area contributed by atoms with Gasteiger partial charge >= 0.3 is 11.9 Å². The van der Waals surface area contributed by atoms with Crippen LogP contribution in [0.3, 0.4) is 0 Å². The summed E-state index contributed by atoms with van der Waals surface area (Å²) in [5.74, 6) is -1.24.